The van der Waals surface area contributed by atoms with Crippen LogP contribution in [0.4, 0.5) is 17.6 Å². The number of amides is 1. The molecule has 2 saturated carbocycles. The van der Waals surface area contributed by atoms with E-state index in [1.807, 2.05) is 0 Å². The average Bonchev–Trinajstić information content (AvgIpc) is 3.58. The molecule has 0 saturated heterocycles. The molecule has 5 nitrogen and oxygen atoms in total. The van der Waals surface area contributed by atoms with E-state index in [0.29, 0.717) is 37.5 Å². The molecule has 0 bridgehead atoms. The van der Waals surface area contributed by atoms with Crippen LogP contribution in [0.15, 0.2) is 30.5 Å². The van der Waals surface area contributed by atoms with E-state index in [9.17, 15) is 27.5 Å². The number of aliphatic hydroxyl groups excluding tert-OH is 1. The largest absolute Gasteiger partial charge is 0.477 e. The monoisotopic (exact) mass is 452 g/mol. The van der Waals surface area contributed by atoms with Crippen LogP contribution in [0.2, 0.25) is 0 Å². The topological polar surface area (TPSA) is 71.5 Å². The molecule has 0 radical (unpaired) electrons. The maximum atomic E-state index is 14.6. The summed E-state index contributed by atoms with van der Waals surface area (Å²) in [6.07, 6.45) is 0.849. The van der Waals surface area contributed by atoms with Gasteiger partial charge in [0.2, 0.25) is 5.88 Å². The zero-order chi connectivity index (χ0) is 22.9. The van der Waals surface area contributed by atoms with E-state index >= 15 is 0 Å². The van der Waals surface area contributed by atoms with Crippen LogP contribution in [0.1, 0.15) is 54.4 Å². The molecule has 32 heavy (non-hydrogen) atoms. The molecule has 1 aromatic heterocycles. The Balaban J connectivity index is 1.68. The van der Waals surface area contributed by atoms with Crippen molar-refractivity contribution in [2.24, 2.45) is 5.92 Å². The number of aliphatic hydroxyl groups is 1. The van der Waals surface area contributed by atoms with Crippen molar-refractivity contribution in [1.29, 1.82) is 0 Å². The van der Waals surface area contributed by atoms with E-state index in [2.05, 4.69) is 10.3 Å². The summed E-state index contributed by atoms with van der Waals surface area (Å²) in [5, 5.41) is 12.9. The molecule has 1 aromatic carbocycles. The first-order chi connectivity index (χ1) is 15.2. The number of aromatic nitrogens is 1. The number of nitrogens with one attached hydrogen (secondary N) is 1. The number of carbonyl (C=O) groups is 1. The van der Waals surface area contributed by atoms with Crippen molar-refractivity contribution in [3.05, 3.63) is 47.4 Å². The fourth-order valence-corrected chi connectivity index (χ4v) is 3.81. The Morgan fingerprint density at radius 2 is 1.88 bits per heavy atom. The minimum Gasteiger partial charge on any atom is -0.477 e. The molecule has 4 rings (SSSR count). The zero-order valence-electron chi connectivity index (χ0n) is 17.3. The van der Waals surface area contributed by atoms with Gasteiger partial charge in [-0.3, -0.25) is 4.79 Å². The molecule has 2 aliphatic rings. The van der Waals surface area contributed by atoms with Gasteiger partial charge in [-0.15, -0.1) is 0 Å². The third-order valence-corrected chi connectivity index (χ3v) is 5.90. The van der Waals surface area contributed by atoms with Crippen molar-refractivity contribution in [2.75, 3.05) is 6.61 Å². The van der Waals surface area contributed by atoms with Crippen molar-refractivity contribution in [3.63, 3.8) is 0 Å². The minimum atomic E-state index is -4.66. The summed E-state index contributed by atoms with van der Waals surface area (Å²) in [5.74, 6) is -1.10. The molecule has 2 aromatic rings. The Morgan fingerprint density at radius 3 is 2.56 bits per heavy atom. The lowest BCUT2D eigenvalue weighted by Gasteiger charge is -2.28. The highest BCUT2D eigenvalue weighted by Gasteiger charge is 2.32. The van der Waals surface area contributed by atoms with E-state index in [1.165, 1.54) is 12.3 Å². The smallest absolute Gasteiger partial charge is 0.416 e. The number of pyridine rings is 1. The molecule has 0 unspecified atom stereocenters. The van der Waals surface area contributed by atoms with Gasteiger partial charge in [-0.05, 0) is 55.9 Å². The predicted molar refractivity (Wildman–Crippen MR) is 109 cm³/mol. The lowest BCUT2D eigenvalue weighted by molar-refractivity contribution is -0.137. The maximum absolute atomic E-state index is 14.6. The molecule has 0 spiro atoms. The van der Waals surface area contributed by atoms with Crippen LogP contribution in [0.3, 0.4) is 0 Å². The molecule has 9 heteroatoms. The first kappa shape index (κ1) is 22.5. The second-order valence-corrected chi connectivity index (χ2v) is 8.46. The van der Waals surface area contributed by atoms with Crippen molar-refractivity contribution >= 4 is 5.91 Å². The van der Waals surface area contributed by atoms with Crippen LogP contribution < -0.4 is 10.1 Å². The summed E-state index contributed by atoms with van der Waals surface area (Å²) < 4.78 is 60.0. The molecule has 1 heterocycles. The normalized spacial score (nSPS) is 21.3. The van der Waals surface area contributed by atoms with Crippen LogP contribution in [-0.2, 0) is 6.18 Å². The van der Waals surface area contributed by atoms with Crippen LogP contribution in [0.5, 0.6) is 5.88 Å². The fourth-order valence-electron chi connectivity index (χ4n) is 3.81. The number of alkyl halides is 3. The second kappa shape index (κ2) is 9.05. The highest BCUT2D eigenvalue weighted by Crippen LogP contribution is 2.38. The quantitative estimate of drug-likeness (QED) is 0.622. The Labute approximate surface area is 182 Å². The predicted octanol–water partition coefficient (Wildman–Crippen LogP) is 4.73. The van der Waals surface area contributed by atoms with Gasteiger partial charge in [0, 0.05) is 17.3 Å². The summed E-state index contributed by atoms with van der Waals surface area (Å²) in [7, 11) is 0. The summed E-state index contributed by atoms with van der Waals surface area (Å²) in [6, 6.07) is 2.98. The van der Waals surface area contributed by atoms with E-state index < -0.39 is 35.6 Å². The lowest BCUT2D eigenvalue weighted by atomic mass is 9.92. The summed E-state index contributed by atoms with van der Waals surface area (Å²) >= 11 is 0. The number of hydrogen-bond acceptors (Lipinski definition) is 4. The summed E-state index contributed by atoms with van der Waals surface area (Å²) in [4.78, 5) is 16.9. The molecule has 0 aliphatic heterocycles. The Kier molecular flexibility index (Phi) is 6.37. The highest BCUT2D eigenvalue weighted by atomic mass is 19.4. The molecule has 172 valence electrons. The molecule has 2 fully saturated rings. The standard InChI is InChI=1S/C23H24F4N2O3/c24-18-8-7-15(23(25,26)27)10-16(18)17-9-14(11-28-22(17)32-12-13-5-6-13)21(31)29-19-3-1-2-4-20(19)30/h7-11,13,19-20,30H,1-6,12H2,(H,29,31)/t19-,20-/m1/s1. The first-order valence-corrected chi connectivity index (χ1v) is 10.7. The average molecular weight is 452 g/mol. The van der Waals surface area contributed by atoms with Crippen molar-refractivity contribution < 1.29 is 32.2 Å². The SMILES string of the molecule is O=C(N[C@@H]1CCCC[C@H]1O)c1cnc(OCC2CC2)c(-c2cc(C(F)(F)F)ccc2F)c1. The lowest BCUT2D eigenvalue weighted by Crippen LogP contribution is -2.45. The third-order valence-electron chi connectivity index (χ3n) is 5.90. The van der Waals surface area contributed by atoms with Gasteiger partial charge in [-0.25, -0.2) is 9.37 Å². The Morgan fingerprint density at radius 1 is 1.12 bits per heavy atom. The third kappa shape index (κ3) is 5.20. The van der Waals surface area contributed by atoms with Crippen LogP contribution in [0, 0.1) is 11.7 Å². The Bertz CT molecular complexity index is 992. The van der Waals surface area contributed by atoms with E-state index in [4.69, 9.17) is 4.74 Å². The van der Waals surface area contributed by atoms with E-state index in [-0.39, 0.29) is 22.6 Å². The molecule has 2 N–H and O–H groups in total. The van der Waals surface area contributed by atoms with Crippen LogP contribution in [0.25, 0.3) is 11.1 Å². The van der Waals surface area contributed by atoms with Gasteiger partial charge >= 0.3 is 6.18 Å². The van der Waals surface area contributed by atoms with Gasteiger partial charge in [-0.1, -0.05) is 12.8 Å². The Hall–Kier alpha value is -2.68. The number of benzene rings is 1. The first-order valence-electron chi connectivity index (χ1n) is 10.7. The van der Waals surface area contributed by atoms with Gasteiger partial charge in [-0.2, -0.15) is 13.2 Å². The van der Waals surface area contributed by atoms with Crippen molar-refractivity contribution in [1.82, 2.24) is 10.3 Å². The van der Waals surface area contributed by atoms with Gasteiger partial charge in [0.25, 0.3) is 5.91 Å². The fraction of sp³-hybridized carbons (Fsp3) is 0.478. The van der Waals surface area contributed by atoms with E-state index in [0.717, 1.165) is 31.7 Å². The van der Waals surface area contributed by atoms with Gasteiger partial charge in [0.1, 0.15) is 5.82 Å². The molecular formula is C23H24F4N2O3. The summed E-state index contributed by atoms with van der Waals surface area (Å²) in [6.45, 7) is 0.320. The highest BCUT2D eigenvalue weighted by molar-refractivity contribution is 5.95. The second-order valence-electron chi connectivity index (χ2n) is 8.46. The van der Waals surface area contributed by atoms with Crippen molar-refractivity contribution in [2.45, 2.75) is 56.8 Å². The number of nitrogens with zero attached hydrogens (tertiary/aromatic N) is 1. The molecule has 2 aliphatic carbocycles. The maximum Gasteiger partial charge on any atom is 0.416 e. The molecule has 1 amide bonds. The van der Waals surface area contributed by atoms with Crippen LogP contribution >= 0.6 is 0 Å². The number of halogens is 4. The molecule has 2 atom stereocenters. The number of ether oxygens (including phenoxy) is 1. The van der Waals surface area contributed by atoms with Gasteiger partial charge in [0.05, 0.1) is 29.9 Å². The number of carbonyl (C=O) groups excluding carboxylic acids is 1. The molecular weight excluding hydrogens is 428 g/mol. The number of hydrogen-bond donors (Lipinski definition) is 2. The summed E-state index contributed by atoms with van der Waals surface area (Å²) in [5.41, 5.74) is -1.33. The van der Waals surface area contributed by atoms with Crippen LogP contribution in [-0.4, -0.2) is 34.8 Å². The van der Waals surface area contributed by atoms with E-state index in [1.54, 1.807) is 0 Å². The number of rotatable bonds is 6. The van der Waals surface area contributed by atoms with Gasteiger partial charge < -0.3 is 15.2 Å². The van der Waals surface area contributed by atoms with Gasteiger partial charge in [0.15, 0.2) is 0 Å². The van der Waals surface area contributed by atoms with Crippen molar-refractivity contribution in [3.8, 4) is 17.0 Å². The minimum absolute atomic E-state index is 0.0221. The zero-order valence-corrected chi connectivity index (χ0v) is 17.3.